The number of hydrogen-bond acceptors (Lipinski definition) is 4. The quantitative estimate of drug-likeness (QED) is 0.141. The van der Waals surface area contributed by atoms with Crippen molar-refractivity contribution < 1.29 is 14.7 Å². The minimum Gasteiger partial charge on any atom is -0.508 e. The molecule has 0 radical (unpaired) electrons. The average Bonchev–Trinajstić information content (AvgIpc) is 2.87. The van der Waals surface area contributed by atoms with Crippen molar-refractivity contribution in [3.05, 3.63) is 88.9 Å². The molecule has 7 N–H and O–H groups in total. The first kappa shape index (κ1) is 27.5. The lowest BCUT2D eigenvalue weighted by molar-refractivity contribution is -0.139. The first-order valence-electron chi connectivity index (χ1n) is 12.0. The van der Waals surface area contributed by atoms with Crippen molar-refractivity contribution >= 4 is 29.4 Å². The smallest absolute Gasteiger partial charge is 0.240 e. The Morgan fingerprint density at radius 3 is 2.32 bits per heavy atom. The number of nitrogens with two attached hydrogens (primary N) is 2. The second-order valence-electron chi connectivity index (χ2n) is 8.75. The number of halogens is 1. The fourth-order valence-corrected chi connectivity index (χ4v) is 4.31. The summed E-state index contributed by atoms with van der Waals surface area (Å²) in [4.78, 5) is 27.7. The monoisotopic (exact) mass is 521 g/mol. The molecule has 8 nitrogen and oxygen atoms in total. The Kier molecular flexibility index (Phi) is 9.92. The summed E-state index contributed by atoms with van der Waals surface area (Å²) < 4.78 is 0. The molecule has 3 aromatic rings. The Hall–Kier alpha value is -4.04. The Bertz CT molecular complexity index is 1220. The van der Waals surface area contributed by atoms with Gasteiger partial charge >= 0.3 is 0 Å². The van der Waals surface area contributed by atoms with Gasteiger partial charge in [-0.25, -0.2) is 0 Å². The fourth-order valence-electron chi connectivity index (χ4n) is 4.19. The number of aromatic hydroxyl groups is 1. The topological polar surface area (TPSA) is 146 Å². The van der Waals surface area contributed by atoms with Crippen molar-refractivity contribution in [3.8, 4) is 16.9 Å². The first-order valence-corrected chi connectivity index (χ1v) is 12.4. The maximum atomic E-state index is 13.7. The Labute approximate surface area is 221 Å². The van der Waals surface area contributed by atoms with Crippen LogP contribution in [0.1, 0.15) is 24.0 Å². The number of hydrogen-bond donors (Lipinski definition) is 5. The van der Waals surface area contributed by atoms with Crippen LogP contribution in [-0.2, 0) is 22.4 Å². The van der Waals surface area contributed by atoms with E-state index in [2.05, 4.69) is 5.32 Å². The second kappa shape index (κ2) is 13.3. The van der Waals surface area contributed by atoms with Gasteiger partial charge in [-0.05, 0) is 65.8 Å². The van der Waals surface area contributed by atoms with E-state index in [-0.39, 0.29) is 30.6 Å². The van der Waals surface area contributed by atoms with E-state index in [1.54, 1.807) is 41.3 Å². The van der Waals surface area contributed by atoms with E-state index in [9.17, 15) is 14.7 Å². The number of nitrogens with zero attached hydrogens (tertiary/aromatic N) is 1. The fraction of sp³-hybridized carbons (Fsp3) is 0.250. The molecule has 0 aliphatic carbocycles. The van der Waals surface area contributed by atoms with Crippen molar-refractivity contribution in [2.75, 3.05) is 13.1 Å². The van der Waals surface area contributed by atoms with E-state index < -0.39 is 11.9 Å². The highest BCUT2D eigenvalue weighted by Gasteiger charge is 2.28. The number of rotatable bonds is 12. The van der Waals surface area contributed by atoms with Gasteiger partial charge in [-0.3, -0.25) is 15.0 Å². The molecule has 0 bridgehead atoms. The number of phenolic OH excluding ortho intramolecular Hbond substituents is 1. The highest BCUT2D eigenvalue weighted by Crippen LogP contribution is 2.26. The molecule has 0 heterocycles. The zero-order valence-corrected chi connectivity index (χ0v) is 21.2. The minimum atomic E-state index is -0.818. The van der Waals surface area contributed by atoms with Crippen molar-refractivity contribution in [2.24, 2.45) is 11.5 Å². The number of benzene rings is 3. The number of amides is 2. The highest BCUT2D eigenvalue weighted by atomic mass is 35.5. The largest absolute Gasteiger partial charge is 0.508 e. The predicted molar refractivity (Wildman–Crippen MR) is 146 cm³/mol. The molecule has 9 heteroatoms. The van der Waals surface area contributed by atoms with Gasteiger partial charge in [-0.2, -0.15) is 0 Å². The standard InChI is InChI=1S/C28H32ClN5O3/c29-22-11-9-20(10-12-22)24-5-2-1-4-21(24)18-26(36)34(17-15-19-7-13-23(35)14-8-19)25(27(30)37)6-3-16-33-28(31)32/h1-2,4-5,7-14,25,35H,3,6,15-18H2,(H2,30,37)(H4,31,32,33)/t25-/m1/s1. The number of guanidine groups is 1. The third-order valence-corrected chi connectivity index (χ3v) is 6.34. The van der Waals surface area contributed by atoms with Gasteiger partial charge in [-0.1, -0.05) is 60.1 Å². The van der Waals surface area contributed by atoms with Gasteiger partial charge in [0.2, 0.25) is 11.8 Å². The molecule has 194 valence electrons. The van der Waals surface area contributed by atoms with Gasteiger partial charge in [0.15, 0.2) is 5.96 Å². The zero-order valence-electron chi connectivity index (χ0n) is 20.5. The molecule has 0 saturated carbocycles. The van der Waals surface area contributed by atoms with Crippen LogP contribution in [0.4, 0.5) is 0 Å². The molecule has 3 rings (SSSR count). The molecule has 0 aromatic heterocycles. The summed E-state index contributed by atoms with van der Waals surface area (Å²) in [6.07, 6.45) is 1.40. The molecule has 0 spiro atoms. The van der Waals surface area contributed by atoms with Crippen LogP contribution in [0, 0.1) is 5.41 Å². The first-order chi connectivity index (χ1) is 17.7. The third-order valence-electron chi connectivity index (χ3n) is 6.09. The van der Waals surface area contributed by atoms with Crippen LogP contribution in [0.3, 0.4) is 0 Å². The van der Waals surface area contributed by atoms with Gasteiger partial charge in [-0.15, -0.1) is 0 Å². The second-order valence-corrected chi connectivity index (χ2v) is 9.18. The lowest BCUT2D eigenvalue weighted by Crippen LogP contribution is -2.49. The summed E-state index contributed by atoms with van der Waals surface area (Å²) >= 11 is 6.05. The SMILES string of the molecule is N=C(N)NCCC[C@H](C(N)=O)N(CCc1ccc(O)cc1)C(=O)Cc1ccccc1-c1ccc(Cl)cc1. The lowest BCUT2D eigenvalue weighted by Gasteiger charge is -2.30. The van der Waals surface area contributed by atoms with Crippen LogP contribution >= 0.6 is 11.6 Å². The third kappa shape index (κ3) is 8.25. The van der Waals surface area contributed by atoms with Crippen LogP contribution in [0.25, 0.3) is 11.1 Å². The summed E-state index contributed by atoms with van der Waals surface area (Å²) in [5, 5.41) is 20.2. The number of carbonyl (C=O) groups excluding carboxylic acids is 2. The molecule has 0 unspecified atom stereocenters. The van der Waals surface area contributed by atoms with Crippen LogP contribution in [0.2, 0.25) is 5.02 Å². The molecule has 3 aromatic carbocycles. The summed E-state index contributed by atoms with van der Waals surface area (Å²) in [7, 11) is 0. The van der Waals surface area contributed by atoms with Crippen molar-refractivity contribution in [1.29, 1.82) is 5.41 Å². The van der Waals surface area contributed by atoms with Crippen LogP contribution in [0.15, 0.2) is 72.8 Å². The molecule has 37 heavy (non-hydrogen) atoms. The van der Waals surface area contributed by atoms with E-state index in [0.717, 1.165) is 22.3 Å². The molecule has 2 amide bonds. The maximum absolute atomic E-state index is 13.7. The number of nitrogens with one attached hydrogen (secondary N) is 2. The predicted octanol–water partition coefficient (Wildman–Crippen LogP) is 3.44. The van der Waals surface area contributed by atoms with E-state index in [1.165, 1.54) is 0 Å². The number of primary amides is 1. The van der Waals surface area contributed by atoms with Crippen LogP contribution in [-0.4, -0.2) is 46.9 Å². The maximum Gasteiger partial charge on any atom is 0.240 e. The number of carbonyl (C=O) groups is 2. The molecule has 0 fully saturated rings. The van der Waals surface area contributed by atoms with Crippen molar-refractivity contribution in [2.45, 2.75) is 31.7 Å². The average molecular weight is 522 g/mol. The minimum absolute atomic E-state index is 0.0872. The summed E-state index contributed by atoms with van der Waals surface area (Å²) in [6.45, 7) is 0.666. The van der Waals surface area contributed by atoms with E-state index in [1.807, 2.05) is 36.4 Å². The van der Waals surface area contributed by atoms with Gasteiger partial charge in [0.1, 0.15) is 11.8 Å². The van der Waals surface area contributed by atoms with E-state index >= 15 is 0 Å². The summed E-state index contributed by atoms with van der Waals surface area (Å²) in [5.74, 6) is -0.811. The van der Waals surface area contributed by atoms with Gasteiger partial charge in [0, 0.05) is 18.1 Å². The van der Waals surface area contributed by atoms with E-state index in [0.29, 0.717) is 30.8 Å². The van der Waals surface area contributed by atoms with Crippen LogP contribution in [0.5, 0.6) is 5.75 Å². The molecule has 1 atom stereocenters. The molecule has 0 saturated heterocycles. The zero-order chi connectivity index (χ0) is 26.8. The Balaban J connectivity index is 1.84. The molecular formula is C28H32ClN5O3. The van der Waals surface area contributed by atoms with Crippen molar-refractivity contribution in [3.63, 3.8) is 0 Å². The van der Waals surface area contributed by atoms with E-state index in [4.69, 9.17) is 28.5 Å². The molecule has 0 aliphatic rings. The van der Waals surface area contributed by atoms with Crippen LogP contribution < -0.4 is 16.8 Å². The molecule has 0 aliphatic heterocycles. The number of phenols is 1. The van der Waals surface area contributed by atoms with Gasteiger partial charge in [0.25, 0.3) is 0 Å². The van der Waals surface area contributed by atoms with Gasteiger partial charge < -0.3 is 26.8 Å². The summed E-state index contributed by atoms with van der Waals surface area (Å²) in [5.41, 5.74) is 14.7. The molecular weight excluding hydrogens is 490 g/mol. The lowest BCUT2D eigenvalue weighted by atomic mass is 9.96. The Morgan fingerprint density at radius 1 is 1.00 bits per heavy atom. The normalized spacial score (nSPS) is 11.5. The Morgan fingerprint density at radius 2 is 1.68 bits per heavy atom. The highest BCUT2D eigenvalue weighted by molar-refractivity contribution is 6.30. The van der Waals surface area contributed by atoms with Gasteiger partial charge in [0.05, 0.1) is 6.42 Å². The summed E-state index contributed by atoms with van der Waals surface area (Å²) in [6, 6.07) is 21.0. The van der Waals surface area contributed by atoms with Crippen molar-refractivity contribution in [1.82, 2.24) is 10.2 Å².